The van der Waals surface area contributed by atoms with Gasteiger partial charge in [0.1, 0.15) is 0 Å². The number of aromatic hydroxyl groups is 1. The summed E-state index contributed by atoms with van der Waals surface area (Å²) < 4.78 is 49.3. The molecule has 0 aliphatic rings. The number of ether oxygens (including phenoxy) is 1. The average molecular weight is 329 g/mol. The Labute approximate surface area is 131 Å². The van der Waals surface area contributed by atoms with Crippen molar-refractivity contribution in [3.05, 3.63) is 35.6 Å². The molecule has 0 saturated heterocycles. The molecule has 0 amide bonds. The molecule has 0 saturated carbocycles. The molecular weight excluding hydrogens is 311 g/mol. The quantitative estimate of drug-likeness (QED) is 0.859. The molecule has 1 aromatic carbocycles. The number of halogens is 3. The summed E-state index contributed by atoms with van der Waals surface area (Å²) in [6.07, 6.45) is -4.36. The minimum atomic E-state index is -4.46. The largest absolute Gasteiger partial charge is 0.504 e. The van der Waals surface area contributed by atoms with E-state index in [1.165, 1.54) is 19.2 Å². The van der Waals surface area contributed by atoms with Crippen LogP contribution in [0.15, 0.2) is 28.7 Å². The van der Waals surface area contributed by atoms with E-state index in [1.807, 2.05) is 0 Å². The number of hydrogen-bond donors (Lipinski definition) is 2. The molecule has 1 unspecified atom stereocenters. The summed E-state index contributed by atoms with van der Waals surface area (Å²) in [5, 5.41) is 13.1. The van der Waals surface area contributed by atoms with Gasteiger partial charge < -0.3 is 19.6 Å². The lowest BCUT2D eigenvalue weighted by molar-refractivity contribution is -0.137. The van der Waals surface area contributed by atoms with E-state index in [-0.39, 0.29) is 34.6 Å². The Morgan fingerprint density at radius 2 is 2.04 bits per heavy atom. The molecular formula is C16H18F3NO3. The van der Waals surface area contributed by atoms with Crippen LogP contribution in [0.5, 0.6) is 5.75 Å². The first-order valence-electron chi connectivity index (χ1n) is 7.00. The second-order valence-electron chi connectivity index (χ2n) is 5.16. The summed E-state index contributed by atoms with van der Waals surface area (Å²) >= 11 is 0. The first-order valence-corrected chi connectivity index (χ1v) is 7.00. The highest BCUT2D eigenvalue weighted by Crippen LogP contribution is 2.43. The van der Waals surface area contributed by atoms with E-state index in [1.54, 1.807) is 14.0 Å². The van der Waals surface area contributed by atoms with Crippen LogP contribution in [-0.4, -0.2) is 25.4 Å². The molecule has 2 aromatic rings. The summed E-state index contributed by atoms with van der Waals surface area (Å²) in [4.78, 5) is 0. The van der Waals surface area contributed by atoms with Crippen LogP contribution in [0.4, 0.5) is 19.1 Å². The predicted molar refractivity (Wildman–Crippen MR) is 80.5 cm³/mol. The smallest absolute Gasteiger partial charge is 0.416 e. The Bertz CT molecular complexity index is 680. The van der Waals surface area contributed by atoms with Crippen molar-refractivity contribution in [2.75, 3.05) is 19.5 Å². The van der Waals surface area contributed by atoms with E-state index in [9.17, 15) is 18.3 Å². The van der Waals surface area contributed by atoms with Crippen LogP contribution < -0.4 is 5.32 Å². The Morgan fingerprint density at radius 1 is 1.35 bits per heavy atom. The van der Waals surface area contributed by atoms with E-state index in [2.05, 4.69) is 5.32 Å². The van der Waals surface area contributed by atoms with Gasteiger partial charge in [0, 0.05) is 20.6 Å². The lowest BCUT2D eigenvalue weighted by atomic mass is 10.0. The van der Waals surface area contributed by atoms with E-state index >= 15 is 0 Å². The molecule has 4 nitrogen and oxygen atoms in total. The van der Waals surface area contributed by atoms with Gasteiger partial charge in [-0.1, -0.05) is 12.1 Å². The number of hydrogen-bond acceptors (Lipinski definition) is 4. The van der Waals surface area contributed by atoms with Gasteiger partial charge in [0.2, 0.25) is 5.88 Å². The summed E-state index contributed by atoms with van der Waals surface area (Å²) in [7, 11) is 3.09. The zero-order valence-corrected chi connectivity index (χ0v) is 13.0. The molecule has 1 heterocycles. The Kier molecular flexibility index (Phi) is 4.89. The van der Waals surface area contributed by atoms with Gasteiger partial charge in [-0.05, 0) is 24.6 Å². The Hall–Kier alpha value is -2.15. The van der Waals surface area contributed by atoms with Gasteiger partial charge in [-0.15, -0.1) is 0 Å². The first-order chi connectivity index (χ1) is 10.8. The molecule has 126 valence electrons. The highest BCUT2D eigenvalue weighted by molar-refractivity contribution is 5.81. The number of rotatable bonds is 5. The molecule has 23 heavy (non-hydrogen) atoms. The summed E-state index contributed by atoms with van der Waals surface area (Å²) in [5.41, 5.74) is -0.358. The molecule has 2 N–H and O–H groups in total. The first kappa shape index (κ1) is 17.2. The molecule has 7 heteroatoms. The molecule has 0 bridgehead atoms. The van der Waals surface area contributed by atoms with Crippen molar-refractivity contribution >= 4 is 5.88 Å². The number of alkyl halides is 3. The number of anilines is 1. The van der Waals surface area contributed by atoms with Crippen molar-refractivity contribution in [1.29, 1.82) is 0 Å². The maximum absolute atomic E-state index is 12.9. The van der Waals surface area contributed by atoms with Crippen molar-refractivity contribution in [2.45, 2.75) is 25.6 Å². The third-order valence-electron chi connectivity index (χ3n) is 3.53. The van der Waals surface area contributed by atoms with Crippen LogP contribution in [-0.2, 0) is 17.3 Å². The van der Waals surface area contributed by atoms with Gasteiger partial charge >= 0.3 is 6.18 Å². The third-order valence-corrected chi connectivity index (χ3v) is 3.53. The van der Waals surface area contributed by atoms with Crippen molar-refractivity contribution in [1.82, 2.24) is 0 Å². The van der Waals surface area contributed by atoms with Gasteiger partial charge in [-0.2, -0.15) is 13.2 Å². The van der Waals surface area contributed by atoms with E-state index in [0.717, 1.165) is 12.1 Å². The van der Waals surface area contributed by atoms with Crippen LogP contribution in [0.2, 0.25) is 0 Å². The Morgan fingerprint density at radius 3 is 2.61 bits per heavy atom. The molecule has 2 rings (SSSR count). The fourth-order valence-electron chi connectivity index (χ4n) is 2.25. The molecule has 0 fully saturated rings. The van der Waals surface area contributed by atoms with E-state index < -0.39 is 11.7 Å². The molecule has 0 radical (unpaired) electrons. The second kappa shape index (κ2) is 6.54. The Balaban J connectivity index is 2.51. The summed E-state index contributed by atoms with van der Waals surface area (Å²) in [6, 6.07) is 4.74. The number of furan rings is 1. The number of methoxy groups -OCH3 is 1. The van der Waals surface area contributed by atoms with Crippen LogP contribution in [0, 0.1) is 0 Å². The molecule has 0 spiro atoms. The molecule has 0 aliphatic carbocycles. The van der Waals surface area contributed by atoms with E-state index in [0.29, 0.717) is 6.42 Å². The van der Waals surface area contributed by atoms with Crippen molar-refractivity contribution in [3.63, 3.8) is 0 Å². The third kappa shape index (κ3) is 3.61. The monoisotopic (exact) mass is 329 g/mol. The van der Waals surface area contributed by atoms with Crippen LogP contribution in [0.3, 0.4) is 0 Å². The fraction of sp³-hybridized carbons (Fsp3) is 0.375. The van der Waals surface area contributed by atoms with Gasteiger partial charge in [0.25, 0.3) is 0 Å². The topological polar surface area (TPSA) is 54.6 Å². The van der Waals surface area contributed by atoms with Gasteiger partial charge in [0.15, 0.2) is 11.5 Å². The van der Waals surface area contributed by atoms with Crippen molar-refractivity contribution in [3.8, 4) is 16.9 Å². The second-order valence-corrected chi connectivity index (χ2v) is 5.16. The van der Waals surface area contributed by atoms with Crippen LogP contribution >= 0.6 is 0 Å². The zero-order chi connectivity index (χ0) is 17.2. The van der Waals surface area contributed by atoms with Crippen molar-refractivity contribution < 1.29 is 27.4 Å². The van der Waals surface area contributed by atoms with Crippen LogP contribution in [0.25, 0.3) is 11.1 Å². The minimum absolute atomic E-state index is 0.183. The molecule has 0 aliphatic heterocycles. The lowest BCUT2D eigenvalue weighted by Crippen LogP contribution is -2.07. The SMILES string of the molecule is CNc1oc(CC(C)OC)c(O)c1-c1cccc(C(F)(F)F)c1. The van der Waals surface area contributed by atoms with Gasteiger partial charge in [-0.25, -0.2) is 0 Å². The molecule has 1 aromatic heterocycles. The molecule has 1 atom stereocenters. The number of benzene rings is 1. The zero-order valence-electron chi connectivity index (χ0n) is 13.0. The number of nitrogens with one attached hydrogen (secondary N) is 1. The summed E-state index contributed by atoms with van der Waals surface area (Å²) in [5.74, 6) is 0.286. The fourth-order valence-corrected chi connectivity index (χ4v) is 2.25. The van der Waals surface area contributed by atoms with Gasteiger partial charge in [0.05, 0.1) is 17.2 Å². The van der Waals surface area contributed by atoms with Crippen LogP contribution in [0.1, 0.15) is 18.2 Å². The maximum Gasteiger partial charge on any atom is 0.416 e. The minimum Gasteiger partial charge on any atom is -0.504 e. The highest BCUT2D eigenvalue weighted by Gasteiger charge is 2.31. The van der Waals surface area contributed by atoms with Gasteiger partial charge in [-0.3, -0.25) is 0 Å². The highest BCUT2D eigenvalue weighted by atomic mass is 19.4. The summed E-state index contributed by atoms with van der Waals surface area (Å²) in [6.45, 7) is 1.80. The average Bonchev–Trinajstić information content (AvgIpc) is 2.82. The normalized spacial score (nSPS) is 13.1. The van der Waals surface area contributed by atoms with E-state index in [4.69, 9.17) is 9.15 Å². The lowest BCUT2D eigenvalue weighted by Gasteiger charge is -2.09. The maximum atomic E-state index is 12.9. The standard InChI is InChI=1S/C16H18F3NO3/c1-9(22-3)7-12-14(21)13(15(20-2)23-12)10-5-4-6-11(8-10)16(17,18)19/h4-6,8-9,20-21H,7H2,1-3H3. The predicted octanol–water partition coefficient (Wildman–Crippen LogP) is 4.29. The van der Waals surface area contributed by atoms with Crippen molar-refractivity contribution in [2.24, 2.45) is 0 Å².